The number of hydrogen-bond donors (Lipinski definition) is 1. The predicted molar refractivity (Wildman–Crippen MR) is 81.3 cm³/mol. The van der Waals surface area contributed by atoms with Gasteiger partial charge in [-0.05, 0) is 49.3 Å². The van der Waals surface area contributed by atoms with Gasteiger partial charge in [-0.25, -0.2) is 0 Å². The van der Waals surface area contributed by atoms with E-state index in [1.54, 1.807) is 0 Å². The van der Waals surface area contributed by atoms with Gasteiger partial charge in [-0.3, -0.25) is 9.98 Å². The maximum atomic E-state index is 4.70. The van der Waals surface area contributed by atoms with Gasteiger partial charge in [0.25, 0.3) is 0 Å². The summed E-state index contributed by atoms with van der Waals surface area (Å²) in [5.74, 6) is 2.09. The number of rotatable bonds is 2. The maximum absolute atomic E-state index is 4.70. The molecule has 2 fully saturated rings. The molecule has 1 aromatic heterocycles. The lowest BCUT2D eigenvalue weighted by molar-refractivity contribution is 0.251. The van der Waals surface area contributed by atoms with Crippen molar-refractivity contribution < 1.29 is 0 Å². The van der Waals surface area contributed by atoms with E-state index in [1.165, 1.54) is 37.0 Å². The molecule has 0 bridgehead atoms. The summed E-state index contributed by atoms with van der Waals surface area (Å²) in [6.45, 7) is 3.12. The van der Waals surface area contributed by atoms with Gasteiger partial charge in [-0.15, -0.1) is 0 Å². The van der Waals surface area contributed by atoms with Gasteiger partial charge in [-0.1, -0.05) is 18.7 Å². The first-order chi connectivity index (χ1) is 9.26. The maximum Gasteiger partial charge on any atom is 0.157 e. The summed E-state index contributed by atoms with van der Waals surface area (Å²) in [6, 6.07) is 4.06. The Kier molecular flexibility index (Phi) is 3.78. The third-order valence-corrected chi connectivity index (χ3v) is 5.44. The van der Waals surface area contributed by atoms with Crippen molar-refractivity contribution in [1.82, 2.24) is 10.3 Å². The third kappa shape index (κ3) is 3.11. The molecule has 0 aromatic carbocycles. The van der Waals surface area contributed by atoms with Crippen molar-refractivity contribution >= 4 is 16.9 Å². The van der Waals surface area contributed by atoms with Gasteiger partial charge in [0.1, 0.15) is 0 Å². The van der Waals surface area contributed by atoms with Crippen LogP contribution in [0.5, 0.6) is 0 Å². The van der Waals surface area contributed by atoms with Crippen LogP contribution in [0.3, 0.4) is 0 Å². The molecule has 1 spiro atoms. The van der Waals surface area contributed by atoms with E-state index in [0.29, 0.717) is 5.54 Å². The van der Waals surface area contributed by atoms with Crippen LogP contribution in [0.1, 0.15) is 38.2 Å². The highest BCUT2D eigenvalue weighted by atomic mass is 32.2. The topological polar surface area (TPSA) is 37.3 Å². The molecule has 3 nitrogen and oxygen atoms in total. The first-order valence-electron chi connectivity index (χ1n) is 7.10. The predicted octanol–water partition coefficient (Wildman–Crippen LogP) is 3.22. The molecule has 0 radical (unpaired) electrons. The molecule has 1 saturated heterocycles. The number of pyridine rings is 1. The summed E-state index contributed by atoms with van der Waals surface area (Å²) in [5.41, 5.74) is 1.57. The fraction of sp³-hybridized carbons (Fsp3) is 0.600. The van der Waals surface area contributed by atoms with E-state index in [0.717, 1.165) is 17.6 Å². The first-order valence-corrected chi connectivity index (χ1v) is 8.09. The Balaban J connectivity index is 1.59. The van der Waals surface area contributed by atoms with Crippen LogP contribution in [0.15, 0.2) is 29.5 Å². The van der Waals surface area contributed by atoms with Gasteiger partial charge in [0.15, 0.2) is 5.17 Å². The minimum Gasteiger partial charge on any atom is -0.359 e. The molecule has 1 saturated carbocycles. The van der Waals surface area contributed by atoms with E-state index in [4.69, 9.17) is 4.99 Å². The SMILES string of the molecule is CC1CCC2(CC1)CSC(=NCc1ccncc1)N2. The zero-order chi connectivity index (χ0) is 13.1. The number of nitrogens with zero attached hydrogens (tertiary/aromatic N) is 2. The van der Waals surface area contributed by atoms with E-state index in [-0.39, 0.29) is 0 Å². The second-order valence-electron chi connectivity index (χ2n) is 5.85. The zero-order valence-electron chi connectivity index (χ0n) is 11.4. The van der Waals surface area contributed by atoms with Crippen LogP contribution in [0, 0.1) is 5.92 Å². The number of aliphatic imine (C=N–C) groups is 1. The molecule has 0 atom stereocenters. The van der Waals surface area contributed by atoms with Crippen molar-refractivity contribution in [2.24, 2.45) is 10.9 Å². The summed E-state index contributed by atoms with van der Waals surface area (Å²) in [5, 5.41) is 4.83. The van der Waals surface area contributed by atoms with E-state index < -0.39 is 0 Å². The van der Waals surface area contributed by atoms with Crippen molar-refractivity contribution in [1.29, 1.82) is 0 Å². The Morgan fingerprint density at radius 1 is 1.37 bits per heavy atom. The minimum absolute atomic E-state index is 0.342. The Hall–Kier alpha value is -1.03. The lowest BCUT2D eigenvalue weighted by atomic mass is 9.78. The highest BCUT2D eigenvalue weighted by molar-refractivity contribution is 8.14. The van der Waals surface area contributed by atoms with Crippen molar-refractivity contribution in [3.8, 4) is 0 Å². The van der Waals surface area contributed by atoms with E-state index >= 15 is 0 Å². The quantitative estimate of drug-likeness (QED) is 0.900. The number of nitrogens with one attached hydrogen (secondary N) is 1. The van der Waals surface area contributed by atoms with Crippen molar-refractivity contribution in [3.05, 3.63) is 30.1 Å². The van der Waals surface area contributed by atoms with Crippen LogP contribution in [-0.4, -0.2) is 21.4 Å². The molecular weight excluding hydrogens is 254 g/mol. The van der Waals surface area contributed by atoms with Crippen LogP contribution in [0.2, 0.25) is 0 Å². The average Bonchev–Trinajstić information content (AvgIpc) is 2.85. The fourth-order valence-corrected chi connectivity index (χ4v) is 4.04. The second kappa shape index (κ2) is 5.53. The van der Waals surface area contributed by atoms with Crippen LogP contribution in [0.4, 0.5) is 0 Å². The van der Waals surface area contributed by atoms with Gasteiger partial charge >= 0.3 is 0 Å². The Bertz CT molecular complexity index is 450. The molecule has 19 heavy (non-hydrogen) atoms. The average molecular weight is 275 g/mol. The van der Waals surface area contributed by atoms with Gasteiger partial charge < -0.3 is 5.32 Å². The Morgan fingerprint density at radius 3 is 2.84 bits per heavy atom. The van der Waals surface area contributed by atoms with Crippen molar-refractivity contribution in [2.45, 2.75) is 44.7 Å². The Morgan fingerprint density at radius 2 is 2.11 bits per heavy atom. The molecule has 0 unspecified atom stereocenters. The molecular formula is C15H21N3S. The van der Waals surface area contributed by atoms with Crippen molar-refractivity contribution in [2.75, 3.05) is 5.75 Å². The van der Waals surface area contributed by atoms with Crippen LogP contribution in [-0.2, 0) is 6.54 Å². The van der Waals surface area contributed by atoms with Gasteiger partial charge in [0, 0.05) is 23.7 Å². The summed E-state index contributed by atoms with van der Waals surface area (Å²) < 4.78 is 0. The standard InChI is InChI=1S/C15H21N3S/c1-12-2-6-15(7-3-12)11-19-14(18-15)17-10-13-4-8-16-9-5-13/h4-5,8-9,12H,2-3,6-7,10-11H2,1H3,(H,17,18). The number of thioether (sulfide) groups is 1. The number of amidine groups is 1. The van der Waals surface area contributed by atoms with Gasteiger partial charge in [0.05, 0.1) is 6.54 Å². The molecule has 4 heteroatoms. The van der Waals surface area contributed by atoms with Gasteiger partial charge in [-0.2, -0.15) is 0 Å². The zero-order valence-corrected chi connectivity index (χ0v) is 12.2. The van der Waals surface area contributed by atoms with Crippen LogP contribution < -0.4 is 5.32 Å². The van der Waals surface area contributed by atoms with E-state index in [9.17, 15) is 0 Å². The largest absolute Gasteiger partial charge is 0.359 e. The molecule has 102 valence electrons. The summed E-state index contributed by atoms with van der Waals surface area (Å²) in [6.07, 6.45) is 8.96. The fourth-order valence-electron chi connectivity index (χ4n) is 2.83. The lowest BCUT2D eigenvalue weighted by Gasteiger charge is -2.35. The molecule has 1 N–H and O–H groups in total. The summed E-state index contributed by atoms with van der Waals surface area (Å²) in [4.78, 5) is 8.73. The number of hydrogen-bond acceptors (Lipinski definition) is 3. The molecule has 2 aliphatic rings. The molecule has 1 aliphatic carbocycles. The highest BCUT2D eigenvalue weighted by Crippen LogP contribution is 2.38. The van der Waals surface area contributed by atoms with Gasteiger partial charge in [0.2, 0.25) is 0 Å². The third-order valence-electron chi connectivity index (χ3n) is 4.24. The van der Waals surface area contributed by atoms with Crippen LogP contribution >= 0.6 is 11.8 Å². The van der Waals surface area contributed by atoms with Crippen molar-refractivity contribution in [3.63, 3.8) is 0 Å². The first kappa shape index (κ1) is 13.0. The van der Waals surface area contributed by atoms with E-state index in [2.05, 4.69) is 17.2 Å². The molecule has 0 amide bonds. The highest BCUT2D eigenvalue weighted by Gasteiger charge is 2.39. The summed E-state index contributed by atoms with van der Waals surface area (Å²) >= 11 is 1.89. The lowest BCUT2D eigenvalue weighted by Crippen LogP contribution is -2.46. The minimum atomic E-state index is 0.342. The smallest absolute Gasteiger partial charge is 0.157 e. The van der Waals surface area contributed by atoms with E-state index in [1.807, 2.05) is 36.3 Å². The summed E-state index contributed by atoms with van der Waals surface area (Å²) in [7, 11) is 0. The molecule has 3 rings (SSSR count). The number of aromatic nitrogens is 1. The molecule has 1 aliphatic heterocycles. The second-order valence-corrected chi connectivity index (χ2v) is 6.82. The van der Waals surface area contributed by atoms with Crippen LogP contribution in [0.25, 0.3) is 0 Å². The molecule has 1 aromatic rings. The normalized spacial score (nSPS) is 32.7. The molecule has 2 heterocycles. The Labute approximate surface area is 119 Å². The monoisotopic (exact) mass is 275 g/mol.